The average Bonchev–Trinajstić information content (AvgIpc) is 3.71. The highest BCUT2D eigenvalue weighted by molar-refractivity contribution is 6.30. The highest BCUT2D eigenvalue weighted by Gasteiger charge is 2.40. The van der Waals surface area contributed by atoms with Gasteiger partial charge in [-0.25, -0.2) is 13.9 Å². The number of amides is 1. The molecule has 6 rings (SSSR count). The molecule has 42 heavy (non-hydrogen) atoms. The average molecular weight is 597 g/mol. The Bertz CT molecular complexity index is 1590. The largest absolute Gasteiger partial charge is 0.387 e. The van der Waals surface area contributed by atoms with Crippen LogP contribution in [0.15, 0.2) is 43.2 Å². The van der Waals surface area contributed by atoms with E-state index in [-0.39, 0.29) is 23.8 Å². The van der Waals surface area contributed by atoms with Crippen molar-refractivity contribution in [2.75, 3.05) is 18.5 Å². The SMILES string of the molecule is CC(C)(O)[C@H](F)CNC(=O)c1cnc(-c2cnn3cc(Cl)cnc23)cc1Nc1cnn(C2CCOC3(CCCC3)C2)c1. The first kappa shape index (κ1) is 28.5. The maximum Gasteiger partial charge on any atom is 0.255 e. The molecule has 4 aromatic rings. The number of nitrogens with zero attached hydrogens (tertiary/aromatic N) is 6. The van der Waals surface area contributed by atoms with Crippen LogP contribution in [0.2, 0.25) is 5.02 Å². The Labute approximate surface area is 247 Å². The number of halogens is 2. The van der Waals surface area contributed by atoms with Crippen molar-refractivity contribution in [1.29, 1.82) is 0 Å². The number of ether oxygens (including phenoxy) is 1. The van der Waals surface area contributed by atoms with Crippen LogP contribution in [0.1, 0.15) is 68.8 Å². The maximum absolute atomic E-state index is 14.4. The summed E-state index contributed by atoms with van der Waals surface area (Å²) in [6.07, 6.45) is 14.6. The molecule has 3 N–H and O–H groups in total. The van der Waals surface area contributed by atoms with Crippen LogP contribution < -0.4 is 10.6 Å². The highest BCUT2D eigenvalue weighted by atomic mass is 35.5. The first-order valence-electron chi connectivity index (χ1n) is 14.2. The number of alkyl halides is 1. The topological polar surface area (TPSA) is 131 Å². The molecule has 1 aliphatic carbocycles. The van der Waals surface area contributed by atoms with Gasteiger partial charge in [0, 0.05) is 25.2 Å². The fourth-order valence-electron chi connectivity index (χ4n) is 5.80. The minimum absolute atomic E-state index is 0.0439. The molecule has 2 aliphatic rings. The molecule has 0 aromatic carbocycles. The molecule has 1 unspecified atom stereocenters. The number of fused-ring (bicyclic) bond motifs is 1. The van der Waals surface area contributed by atoms with Gasteiger partial charge in [0.25, 0.3) is 5.91 Å². The number of hydrogen-bond acceptors (Lipinski definition) is 8. The molecular weight excluding hydrogens is 563 g/mol. The number of rotatable bonds is 8. The van der Waals surface area contributed by atoms with E-state index in [2.05, 4.69) is 30.8 Å². The summed E-state index contributed by atoms with van der Waals surface area (Å²) in [7, 11) is 0. The molecule has 4 aromatic heterocycles. The Morgan fingerprint density at radius 2 is 2.02 bits per heavy atom. The molecule has 1 saturated carbocycles. The molecule has 11 nitrogen and oxygen atoms in total. The molecule has 2 fully saturated rings. The Hall–Kier alpha value is -3.61. The van der Waals surface area contributed by atoms with Crippen molar-refractivity contribution in [3.63, 3.8) is 0 Å². The van der Waals surface area contributed by atoms with Crippen LogP contribution in [-0.4, -0.2) is 70.9 Å². The highest BCUT2D eigenvalue weighted by Crippen LogP contribution is 2.43. The van der Waals surface area contributed by atoms with Gasteiger partial charge in [0.1, 0.15) is 6.17 Å². The van der Waals surface area contributed by atoms with E-state index in [4.69, 9.17) is 16.3 Å². The van der Waals surface area contributed by atoms with Gasteiger partial charge in [-0.05, 0) is 45.6 Å². The zero-order valence-electron chi connectivity index (χ0n) is 23.6. The predicted octanol–water partition coefficient (Wildman–Crippen LogP) is 4.89. The number of hydrogen-bond donors (Lipinski definition) is 3. The normalized spacial score (nSPS) is 19.3. The number of aromatic nitrogens is 6. The molecule has 0 radical (unpaired) electrons. The molecule has 0 bridgehead atoms. The molecule has 1 spiro atoms. The van der Waals surface area contributed by atoms with Crippen molar-refractivity contribution in [2.45, 2.75) is 75.8 Å². The van der Waals surface area contributed by atoms with Crippen molar-refractivity contribution < 1.29 is 19.0 Å². The van der Waals surface area contributed by atoms with Crippen molar-refractivity contribution in [2.24, 2.45) is 0 Å². The minimum Gasteiger partial charge on any atom is -0.387 e. The van der Waals surface area contributed by atoms with E-state index >= 15 is 0 Å². The smallest absolute Gasteiger partial charge is 0.255 e. The third-order valence-electron chi connectivity index (χ3n) is 8.19. The molecule has 1 saturated heterocycles. The van der Waals surface area contributed by atoms with Gasteiger partial charge in [-0.2, -0.15) is 10.2 Å². The van der Waals surface area contributed by atoms with Crippen molar-refractivity contribution >= 4 is 34.5 Å². The van der Waals surface area contributed by atoms with Crippen LogP contribution in [0.25, 0.3) is 16.9 Å². The van der Waals surface area contributed by atoms with Crippen LogP contribution in [0, 0.1) is 0 Å². The van der Waals surface area contributed by atoms with E-state index in [0.29, 0.717) is 39.9 Å². The van der Waals surface area contributed by atoms with Crippen LogP contribution in [0.3, 0.4) is 0 Å². The summed E-state index contributed by atoms with van der Waals surface area (Å²) in [4.78, 5) is 22.1. The van der Waals surface area contributed by atoms with Gasteiger partial charge in [0.15, 0.2) is 5.65 Å². The van der Waals surface area contributed by atoms with Gasteiger partial charge in [0.2, 0.25) is 0 Å². The Kier molecular flexibility index (Phi) is 7.62. The predicted molar refractivity (Wildman–Crippen MR) is 156 cm³/mol. The van der Waals surface area contributed by atoms with E-state index in [1.165, 1.54) is 39.1 Å². The fraction of sp³-hybridized carbons (Fsp3) is 0.483. The van der Waals surface area contributed by atoms with Crippen LogP contribution in [0.5, 0.6) is 0 Å². The van der Waals surface area contributed by atoms with Gasteiger partial charge >= 0.3 is 0 Å². The van der Waals surface area contributed by atoms with Crippen molar-refractivity contribution in [1.82, 2.24) is 34.7 Å². The van der Waals surface area contributed by atoms with Crippen molar-refractivity contribution in [3.05, 3.63) is 53.8 Å². The lowest BCUT2D eigenvalue weighted by Crippen LogP contribution is -2.42. The van der Waals surface area contributed by atoms with Gasteiger partial charge in [-0.1, -0.05) is 24.4 Å². The summed E-state index contributed by atoms with van der Waals surface area (Å²) in [5.41, 5.74) is 1.43. The summed E-state index contributed by atoms with van der Waals surface area (Å²) < 4.78 is 24.1. The zero-order valence-corrected chi connectivity index (χ0v) is 24.3. The van der Waals surface area contributed by atoms with Gasteiger partial charge in [0.05, 0.1) is 75.6 Å². The summed E-state index contributed by atoms with van der Waals surface area (Å²) in [6, 6.07) is 1.95. The van der Waals surface area contributed by atoms with E-state index < -0.39 is 17.7 Å². The first-order valence-corrected chi connectivity index (χ1v) is 14.6. The molecule has 1 aliphatic heterocycles. The number of nitrogens with one attached hydrogen (secondary N) is 2. The molecule has 222 valence electrons. The summed E-state index contributed by atoms with van der Waals surface area (Å²) in [5.74, 6) is -0.534. The molecule has 5 heterocycles. The van der Waals surface area contributed by atoms with Crippen molar-refractivity contribution in [3.8, 4) is 11.3 Å². The third-order valence-corrected chi connectivity index (χ3v) is 8.39. The molecule has 1 amide bonds. The first-order chi connectivity index (χ1) is 20.1. The van der Waals surface area contributed by atoms with E-state index in [9.17, 15) is 14.3 Å². The monoisotopic (exact) mass is 596 g/mol. The zero-order chi connectivity index (χ0) is 29.5. The maximum atomic E-state index is 14.4. The quantitative estimate of drug-likeness (QED) is 0.262. The fourth-order valence-corrected chi connectivity index (χ4v) is 5.94. The number of anilines is 2. The molecule has 2 atom stereocenters. The van der Waals surface area contributed by atoms with Gasteiger partial charge in [-0.15, -0.1) is 0 Å². The van der Waals surface area contributed by atoms with Gasteiger partial charge in [-0.3, -0.25) is 14.5 Å². The Morgan fingerprint density at radius 3 is 2.81 bits per heavy atom. The minimum atomic E-state index is -1.65. The van der Waals surface area contributed by atoms with Crippen LogP contribution >= 0.6 is 11.6 Å². The summed E-state index contributed by atoms with van der Waals surface area (Å²) in [6.45, 7) is 3.07. The lowest BCUT2D eigenvalue weighted by Gasteiger charge is -2.38. The van der Waals surface area contributed by atoms with Gasteiger partial charge < -0.3 is 20.5 Å². The van der Waals surface area contributed by atoms with E-state index in [0.717, 1.165) is 25.7 Å². The Morgan fingerprint density at radius 1 is 1.21 bits per heavy atom. The Balaban J connectivity index is 1.29. The second-order valence-electron chi connectivity index (χ2n) is 11.8. The van der Waals surface area contributed by atoms with Crippen LogP contribution in [0.4, 0.5) is 15.8 Å². The van der Waals surface area contributed by atoms with E-state index in [1.807, 2.05) is 10.9 Å². The lowest BCUT2D eigenvalue weighted by atomic mass is 9.89. The molecular formula is C29H34ClFN8O3. The second-order valence-corrected chi connectivity index (χ2v) is 12.2. The summed E-state index contributed by atoms with van der Waals surface area (Å²) >= 11 is 6.07. The number of aliphatic hydroxyl groups is 1. The van der Waals surface area contributed by atoms with E-state index in [1.54, 1.807) is 29.2 Å². The standard InChI is InChI=1S/C29H34ClFN8O3/c1-28(2,41)25(31)15-34-27(40)22-13-32-23(21-14-36-39-16-18(30)11-33-26(21)39)9-24(22)37-19-12-35-38(17-19)20-5-8-42-29(10-20)6-3-4-7-29/h9,11-14,16-17,20,25,41H,3-8,10,15H2,1-2H3,(H,32,37)(H,34,40)/t20?,25-/m1/s1. The van der Waals surface area contributed by atoms with Crippen LogP contribution in [-0.2, 0) is 4.74 Å². The summed E-state index contributed by atoms with van der Waals surface area (Å²) in [5, 5.41) is 25.3. The lowest BCUT2D eigenvalue weighted by molar-refractivity contribution is -0.0909. The number of carbonyl (C=O) groups excluding carboxylic acids is 1. The number of pyridine rings is 1. The third kappa shape index (κ3) is 5.83. The number of carbonyl (C=O) groups is 1. The molecule has 13 heteroatoms. The second kappa shape index (κ2) is 11.2.